The summed E-state index contributed by atoms with van der Waals surface area (Å²) in [6, 6.07) is 4.23. The molecule has 0 aromatic heterocycles. The van der Waals surface area contributed by atoms with Gasteiger partial charge in [-0.1, -0.05) is 0 Å². The Kier molecular flexibility index (Phi) is 4.35. The van der Waals surface area contributed by atoms with E-state index < -0.39 is 35.4 Å². The summed E-state index contributed by atoms with van der Waals surface area (Å²) in [6.07, 6.45) is 6.48. The molecule has 0 saturated heterocycles. The number of anilines is 3. The fraction of sp³-hybridized carbons (Fsp3) is 0. The number of rotatable bonds is 6. The molecule has 4 rings (SSSR count). The number of benzene rings is 1. The Morgan fingerprint density at radius 3 is 0.800 bits per heavy atom. The van der Waals surface area contributed by atoms with Gasteiger partial charge in [0, 0.05) is 36.5 Å². The topological polar surface area (TPSA) is 148 Å². The number of hydrazine groups is 3. The van der Waals surface area contributed by atoms with E-state index in [-0.39, 0.29) is 17.1 Å². The van der Waals surface area contributed by atoms with Crippen molar-refractivity contribution >= 4 is 52.5 Å². The number of imide groups is 3. The normalized spacial score (nSPS) is 17.8. The molecular weight excluding hydrogens is 396 g/mol. The fourth-order valence-corrected chi connectivity index (χ4v) is 2.74. The van der Waals surface area contributed by atoms with E-state index in [1.807, 2.05) is 0 Å². The summed E-state index contributed by atoms with van der Waals surface area (Å²) < 4.78 is 0. The quantitative estimate of drug-likeness (QED) is 0.527. The van der Waals surface area contributed by atoms with E-state index in [1.165, 1.54) is 18.2 Å². The SMILES string of the molecule is O=C1C=CC(=O)N1Nc1cc(NN2C(=O)C=CC2=O)cc(NN2C(=O)C=CC2=O)c1. The van der Waals surface area contributed by atoms with Crippen LogP contribution in [0.2, 0.25) is 0 Å². The Morgan fingerprint density at radius 1 is 0.400 bits per heavy atom. The molecule has 0 spiro atoms. The molecule has 30 heavy (non-hydrogen) atoms. The number of carbonyl (C=O) groups is 6. The molecule has 12 nitrogen and oxygen atoms in total. The second kappa shape index (κ2) is 7.01. The minimum absolute atomic E-state index is 0.187. The summed E-state index contributed by atoms with van der Waals surface area (Å²) in [4.78, 5) is 70.8. The highest BCUT2D eigenvalue weighted by molar-refractivity contribution is 6.15. The highest BCUT2D eigenvalue weighted by Crippen LogP contribution is 2.26. The van der Waals surface area contributed by atoms with Crippen LogP contribution < -0.4 is 16.3 Å². The summed E-state index contributed by atoms with van der Waals surface area (Å²) in [5.41, 5.74) is 8.36. The second-order valence-corrected chi connectivity index (χ2v) is 6.17. The number of nitrogens with zero attached hydrogens (tertiary/aromatic N) is 3. The monoisotopic (exact) mass is 408 g/mol. The van der Waals surface area contributed by atoms with Gasteiger partial charge in [0.15, 0.2) is 0 Å². The van der Waals surface area contributed by atoms with Crippen LogP contribution in [0.3, 0.4) is 0 Å². The molecule has 1 aromatic rings. The Balaban J connectivity index is 1.63. The number of carbonyl (C=O) groups excluding carboxylic acids is 6. The van der Waals surface area contributed by atoms with Crippen molar-refractivity contribution in [3.05, 3.63) is 54.7 Å². The smallest absolute Gasteiger partial charge is 0.272 e. The third-order valence-corrected chi connectivity index (χ3v) is 4.08. The number of amides is 6. The summed E-state index contributed by atoms with van der Waals surface area (Å²) in [6.45, 7) is 0. The van der Waals surface area contributed by atoms with E-state index in [4.69, 9.17) is 0 Å². The standard InChI is InChI=1S/C18H12N6O6/c25-13-1-2-14(26)22(13)19-10-7-11(20-23-15(27)3-4-16(23)28)9-12(8-10)21-24-17(29)5-6-18(24)30/h1-9,19-21H. The first-order valence-corrected chi connectivity index (χ1v) is 8.45. The van der Waals surface area contributed by atoms with Crippen LogP contribution in [0.25, 0.3) is 0 Å². The van der Waals surface area contributed by atoms with Crippen molar-refractivity contribution in [3.8, 4) is 0 Å². The zero-order valence-corrected chi connectivity index (χ0v) is 15.0. The van der Waals surface area contributed by atoms with Crippen molar-refractivity contribution in [1.82, 2.24) is 15.0 Å². The Bertz CT molecular complexity index is 916. The van der Waals surface area contributed by atoms with E-state index in [1.54, 1.807) is 0 Å². The predicted octanol–water partition coefficient (Wildman–Crippen LogP) is -0.558. The molecule has 1 aromatic carbocycles. The van der Waals surface area contributed by atoms with Crippen LogP contribution >= 0.6 is 0 Å². The van der Waals surface area contributed by atoms with E-state index in [0.29, 0.717) is 0 Å². The highest BCUT2D eigenvalue weighted by Gasteiger charge is 2.27. The van der Waals surface area contributed by atoms with Crippen LogP contribution in [0.15, 0.2) is 54.7 Å². The minimum atomic E-state index is -0.601. The molecule has 12 heteroatoms. The van der Waals surface area contributed by atoms with Gasteiger partial charge in [-0.3, -0.25) is 45.0 Å². The van der Waals surface area contributed by atoms with Crippen LogP contribution in [0.5, 0.6) is 0 Å². The Hall–Kier alpha value is -4.74. The zero-order chi connectivity index (χ0) is 21.4. The van der Waals surface area contributed by atoms with Crippen molar-refractivity contribution in [2.45, 2.75) is 0 Å². The molecule has 0 saturated carbocycles. The van der Waals surface area contributed by atoms with Gasteiger partial charge in [0.25, 0.3) is 35.4 Å². The maximum Gasteiger partial charge on any atom is 0.272 e. The zero-order valence-electron chi connectivity index (χ0n) is 15.0. The highest BCUT2D eigenvalue weighted by atomic mass is 16.2. The third-order valence-electron chi connectivity index (χ3n) is 4.08. The van der Waals surface area contributed by atoms with Gasteiger partial charge in [-0.25, -0.2) is 0 Å². The lowest BCUT2D eigenvalue weighted by molar-refractivity contribution is -0.136. The van der Waals surface area contributed by atoms with Gasteiger partial charge in [0.1, 0.15) is 0 Å². The summed E-state index contributed by atoms with van der Waals surface area (Å²) in [5.74, 6) is -3.61. The van der Waals surface area contributed by atoms with Gasteiger partial charge >= 0.3 is 0 Å². The summed E-state index contributed by atoms with van der Waals surface area (Å²) in [5, 5.41) is 2.22. The van der Waals surface area contributed by atoms with E-state index >= 15 is 0 Å². The molecule has 3 heterocycles. The number of hydrogen-bond donors (Lipinski definition) is 3. The van der Waals surface area contributed by atoms with Gasteiger partial charge in [-0.05, 0) is 18.2 Å². The molecule has 6 amide bonds. The lowest BCUT2D eigenvalue weighted by atomic mass is 10.2. The van der Waals surface area contributed by atoms with Crippen molar-refractivity contribution < 1.29 is 28.8 Å². The van der Waals surface area contributed by atoms with E-state index in [0.717, 1.165) is 51.5 Å². The maximum atomic E-state index is 11.8. The molecule has 0 aliphatic carbocycles. The van der Waals surface area contributed by atoms with Gasteiger partial charge in [-0.15, -0.1) is 0 Å². The minimum Gasteiger partial charge on any atom is -0.288 e. The lowest BCUT2D eigenvalue weighted by Gasteiger charge is -2.22. The molecule has 0 atom stereocenters. The Labute approximate surface area is 168 Å². The van der Waals surface area contributed by atoms with E-state index in [9.17, 15) is 28.8 Å². The molecule has 0 radical (unpaired) electrons. The summed E-state index contributed by atoms with van der Waals surface area (Å²) in [7, 11) is 0. The maximum absolute atomic E-state index is 11.8. The number of nitrogens with one attached hydrogen (secondary N) is 3. The molecule has 150 valence electrons. The van der Waals surface area contributed by atoms with E-state index in [2.05, 4.69) is 16.3 Å². The van der Waals surface area contributed by atoms with Crippen LogP contribution in [0.1, 0.15) is 0 Å². The average Bonchev–Trinajstić information content (AvgIpc) is 3.31. The molecular formula is C18H12N6O6. The van der Waals surface area contributed by atoms with Gasteiger partial charge in [0.05, 0.1) is 17.1 Å². The first kappa shape index (κ1) is 18.6. The fourth-order valence-electron chi connectivity index (χ4n) is 2.74. The molecule has 3 N–H and O–H groups in total. The van der Waals surface area contributed by atoms with Crippen molar-refractivity contribution in [3.63, 3.8) is 0 Å². The van der Waals surface area contributed by atoms with Crippen LogP contribution in [0.4, 0.5) is 17.1 Å². The van der Waals surface area contributed by atoms with Crippen LogP contribution in [-0.4, -0.2) is 50.5 Å². The number of hydrogen-bond acceptors (Lipinski definition) is 9. The predicted molar refractivity (Wildman–Crippen MR) is 100 cm³/mol. The molecule has 0 fully saturated rings. The summed E-state index contributed by atoms with van der Waals surface area (Å²) >= 11 is 0. The molecule has 0 bridgehead atoms. The first-order valence-electron chi connectivity index (χ1n) is 8.45. The molecule has 3 aliphatic rings. The van der Waals surface area contributed by atoms with Gasteiger partial charge in [0.2, 0.25) is 0 Å². The van der Waals surface area contributed by atoms with Crippen molar-refractivity contribution in [2.24, 2.45) is 0 Å². The van der Waals surface area contributed by atoms with Crippen molar-refractivity contribution in [1.29, 1.82) is 0 Å². The largest absolute Gasteiger partial charge is 0.288 e. The molecule has 0 unspecified atom stereocenters. The Morgan fingerprint density at radius 2 is 0.600 bits per heavy atom. The van der Waals surface area contributed by atoms with Crippen LogP contribution in [0, 0.1) is 0 Å². The van der Waals surface area contributed by atoms with Crippen LogP contribution in [-0.2, 0) is 28.8 Å². The second-order valence-electron chi connectivity index (χ2n) is 6.17. The van der Waals surface area contributed by atoms with Gasteiger partial charge in [-0.2, -0.15) is 15.0 Å². The third kappa shape index (κ3) is 3.40. The first-order chi connectivity index (χ1) is 14.3. The van der Waals surface area contributed by atoms with Gasteiger partial charge < -0.3 is 0 Å². The average molecular weight is 408 g/mol. The lowest BCUT2D eigenvalue weighted by Crippen LogP contribution is -2.37. The van der Waals surface area contributed by atoms with Crippen molar-refractivity contribution in [2.75, 3.05) is 16.3 Å². The molecule has 3 aliphatic heterocycles.